The van der Waals surface area contributed by atoms with Crippen LogP contribution in [0.3, 0.4) is 0 Å². The van der Waals surface area contributed by atoms with E-state index in [9.17, 15) is 24.2 Å². The maximum atomic E-state index is 11.7. The highest BCUT2D eigenvalue weighted by atomic mass is 31.2. The third kappa shape index (κ3) is 2.16. The summed E-state index contributed by atoms with van der Waals surface area (Å²) >= 11 is 0. The highest BCUT2D eigenvalue weighted by molar-refractivity contribution is 7.47. The van der Waals surface area contributed by atoms with Crippen molar-refractivity contribution < 1.29 is 28.3 Å². The van der Waals surface area contributed by atoms with E-state index >= 15 is 0 Å². The van der Waals surface area contributed by atoms with Crippen molar-refractivity contribution in [2.24, 2.45) is 0 Å². The number of phosphoric acid groups is 1. The molecule has 0 spiro atoms. The quantitative estimate of drug-likeness (QED) is 0.550. The Morgan fingerprint density at radius 3 is 2.70 bits per heavy atom. The molecule has 0 bridgehead atoms. The Kier molecular flexibility index (Phi) is 3.16. The number of aliphatic hydroxyl groups is 1. The smallest absolute Gasteiger partial charge is 0.394 e. The van der Waals surface area contributed by atoms with E-state index in [2.05, 4.69) is 0 Å². The average molecular weight is 306 g/mol. The number of aliphatic hydroxyl groups excluding tert-OH is 1. The van der Waals surface area contributed by atoms with Crippen LogP contribution in [0.25, 0.3) is 0 Å². The molecule has 0 amide bonds. The Balaban J connectivity index is 2.00. The van der Waals surface area contributed by atoms with Crippen LogP contribution in [-0.4, -0.2) is 44.5 Å². The number of ether oxygens (including phenoxy) is 1. The molecule has 2 aliphatic rings. The van der Waals surface area contributed by atoms with E-state index < -0.39 is 50.2 Å². The van der Waals surface area contributed by atoms with Gasteiger partial charge < -0.3 is 14.7 Å². The van der Waals surface area contributed by atoms with Crippen LogP contribution in [-0.2, 0) is 18.3 Å². The van der Waals surface area contributed by atoms with Crippen LogP contribution in [0, 0.1) is 0 Å². The largest absolute Gasteiger partial charge is 0.473 e. The van der Waals surface area contributed by atoms with Gasteiger partial charge in [0.25, 0.3) is 5.56 Å². The lowest BCUT2D eigenvalue weighted by atomic mass is 10.1. The standard InChI is InChI=1S/C9H11N2O8P/c12-3-4-6-7(19-20(15,16)18-6)8(17-4)11-2-1-5(13)10-9(11)14/h1-2,4,6-8,12H,3H2,(H,15,16)(H,10,13,14)/t4-,6+,7?,8-/m1/s1. The van der Waals surface area contributed by atoms with Gasteiger partial charge in [0.05, 0.1) is 6.61 Å². The molecule has 1 aromatic heterocycles. The maximum absolute atomic E-state index is 11.7. The summed E-state index contributed by atoms with van der Waals surface area (Å²) in [6, 6.07) is 1.10. The van der Waals surface area contributed by atoms with Crippen molar-refractivity contribution in [1.82, 2.24) is 9.55 Å². The van der Waals surface area contributed by atoms with Crippen molar-refractivity contribution in [1.29, 1.82) is 0 Å². The van der Waals surface area contributed by atoms with Crippen molar-refractivity contribution in [3.8, 4) is 0 Å². The van der Waals surface area contributed by atoms with Gasteiger partial charge in [0.2, 0.25) is 0 Å². The summed E-state index contributed by atoms with van der Waals surface area (Å²) < 4.78 is 27.5. The molecular weight excluding hydrogens is 295 g/mol. The zero-order valence-electron chi connectivity index (χ0n) is 9.91. The molecule has 2 fully saturated rings. The molecule has 0 radical (unpaired) electrons. The first kappa shape index (κ1) is 13.7. The third-order valence-electron chi connectivity index (χ3n) is 3.10. The fourth-order valence-electron chi connectivity index (χ4n) is 2.28. The molecule has 0 saturated carbocycles. The molecule has 2 unspecified atom stereocenters. The van der Waals surface area contributed by atoms with Gasteiger partial charge in [-0.2, -0.15) is 0 Å². The van der Waals surface area contributed by atoms with Gasteiger partial charge in [-0.25, -0.2) is 9.36 Å². The zero-order valence-corrected chi connectivity index (χ0v) is 10.8. The van der Waals surface area contributed by atoms with Gasteiger partial charge >= 0.3 is 13.5 Å². The van der Waals surface area contributed by atoms with Gasteiger partial charge in [0.1, 0.15) is 18.3 Å². The lowest BCUT2D eigenvalue weighted by molar-refractivity contribution is -0.0624. The maximum Gasteiger partial charge on any atom is 0.473 e. The molecule has 2 aliphatic heterocycles. The van der Waals surface area contributed by atoms with Gasteiger partial charge in [-0.1, -0.05) is 0 Å². The third-order valence-corrected chi connectivity index (χ3v) is 4.12. The molecule has 3 heterocycles. The summed E-state index contributed by atoms with van der Waals surface area (Å²) in [5.41, 5.74) is -1.35. The Bertz CT molecular complexity index is 683. The minimum absolute atomic E-state index is 0.473. The molecule has 2 saturated heterocycles. The number of aromatic nitrogens is 2. The SMILES string of the molecule is O=c1ccn([C@@H]2O[C@H](CO)[C@@H]3OP(=O)(O)OC32)c(=O)[nH]1. The second-order valence-electron chi connectivity index (χ2n) is 4.37. The number of fused-ring (bicyclic) bond motifs is 1. The van der Waals surface area contributed by atoms with Crippen LogP contribution in [0.4, 0.5) is 0 Å². The van der Waals surface area contributed by atoms with E-state index in [0.29, 0.717) is 0 Å². The van der Waals surface area contributed by atoms with Gasteiger partial charge in [0.15, 0.2) is 6.23 Å². The average Bonchev–Trinajstić information content (AvgIpc) is 2.83. The number of hydrogen-bond donors (Lipinski definition) is 3. The van der Waals surface area contributed by atoms with Crippen molar-refractivity contribution in [3.05, 3.63) is 33.1 Å². The summed E-state index contributed by atoms with van der Waals surface area (Å²) in [6.45, 7) is -0.473. The fraction of sp³-hybridized carbons (Fsp3) is 0.556. The summed E-state index contributed by atoms with van der Waals surface area (Å²) in [5, 5.41) is 9.18. The number of nitrogens with zero attached hydrogens (tertiary/aromatic N) is 1. The Labute approximate surface area is 111 Å². The van der Waals surface area contributed by atoms with Gasteiger partial charge in [-0.05, 0) is 0 Å². The molecule has 1 aromatic rings. The predicted octanol–water partition coefficient (Wildman–Crippen LogP) is -1.69. The molecule has 0 aromatic carbocycles. The van der Waals surface area contributed by atoms with Crippen LogP contribution >= 0.6 is 7.82 Å². The molecule has 3 N–H and O–H groups in total. The summed E-state index contributed by atoms with van der Waals surface area (Å²) in [5.74, 6) is 0. The minimum Gasteiger partial charge on any atom is -0.394 e. The number of rotatable bonds is 2. The van der Waals surface area contributed by atoms with Gasteiger partial charge in [-0.15, -0.1) is 0 Å². The van der Waals surface area contributed by atoms with Crippen LogP contribution in [0.15, 0.2) is 21.9 Å². The van der Waals surface area contributed by atoms with Gasteiger partial charge in [-0.3, -0.25) is 23.4 Å². The van der Waals surface area contributed by atoms with E-state index in [-0.39, 0.29) is 0 Å². The second kappa shape index (κ2) is 4.62. The molecule has 10 nitrogen and oxygen atoms in total. The number of aromatic amines is 1. The fourth-order valence-corrected chi connectivity index (χ4v) is 3.42. The molecule has 3 rings (SSSR count). The summed E-state index contributed by atoms with van der Waals surface area (Å²) in [4.78, 5) is 34.1. The number of phosphoric ester groups is 1. The van der Waals surface area contributed by atoms with E-state index in [1.807, 2.05) is 4.98 Å². The summed E-state index contributed by atoms with van der Waals surface area (Å²) in [7, 11) is -4.23. The Hall–Kier alpha value is -1.29. The molecule has 5 atom stereocenters. The Morgan fingerprint density at radius 1 is 1.35 bits per heavy atom. The number of hydrogen-bond acceptors (Lipinski definition) is 7. The predicted molar refractivity (Wildman–Crippen MR) is 61.9 cm³/mol. The topological polar surface area (TPSA) is 140 Å². The van der Waals surface area contributed by atoms with Gasteiger partial charge in [0, 0.05) is 12.3 Å². The lowest BCUT2D eigenvalue weighted by Crippen LogP contribution is -2.36. The molecule has 20 heavy (non-hydrogen) atoms. The highest BCUT2D eigenvalue weighted by Crippen LogP contribution is 2.58. The first-order valence-corrected chi connectivity index (χ1v) is 7.18. The van der Waals surface area contributed by atoms with E-state index in [1.54, 1.807) is 0 Å². The molecule has 11 heteroatoms. The van der Waals surface area contributed by atoms with E-state index in [1.165, 1.54) is 6.20 Å². The van der Waals surface area contributed by atoms with E-state index in [4.69, 9.17) is 13.8 Å². The van der Waals surface area contributed by atoms with E-state index in [0.717, 1.165) is 10.6 Å². The summed E-state index contributed by atoms with van der Waals surface area (Å²) in [6.07, 6.45) is -2.82. The molecular formula is C9H11N2O8P. The first-order chi connectivity index (χ1) is 9.41. The Morgan fingerprint density at radius 2 is 2.05 bits per heavy atom. The normalized spacial score (nSPS) is 39.9. The first-order valence-electron chi connectivity index (χ1n) is 5.69. The number of nitrogens with one attached hydrogen (secondary N) is 1. The zero-order chi connectivity index (χ0) is 14.5. The van der Waals surface area contributed by atoms with Crippen molar-refractivity contribution >= 4 is 7.82 Å². The second-order valence-corrected chi connectivity index (χ2v) is 5.73. The van der Waals surface area contributed by atoms with Crippen LogP contribution < -0.4 is 11.2 Å². The van der Waals surface area contributed by atoms with Crippen LogP contribution in [0.1, 0.15) is 6.23 Å². The van der Waals surface area contributed by atoms with Crippen molar-refractivity contribution in [2.75, 3.05) is 6.61 Å². The minimum atomic E-state index is -4.23. The lowest BCUT2D eigenvalue weighted by Gasteiger charge is -2.18. The van der Waals surface area contributed by atoms with Crippen LogP contribution in [0.5, 0.6) is 0 Å². The molecule has 0 aliphatic carbocycles. The highest BCUT2D eigenvalue weighted by Gasteiger charge is 2.57. The monoisotopic (exact) mass is 306 g/mol. The van der Waals surface area contributed by atoms with Crippen molar-refractivity contribution in [3.63, 3.8) is 0 Å². The van der Waals surface area contributed by atoms with Crippen molar-refractivity contribution in [2.45, 2.75) is 24.5 Å². The number of H-pyrrole nitrogens is 1. The van der Waals surface area contributed by atoms with Crippen LogP contribution in [0.2, 0.25) is 0 Å². The molecule has 110 valence electrons.